The highest BCUT2D eigenvalue weighted by molar-refractivity contribution is 7.90. The fourth-order valence-corrected chi connectivity index (χ4v) is 9.83. The number of rotatable bonds is 2. The number of hydrogen-bond donors (Lipinski definition) is 2. The van der Waals surface area contributed by atoms with Crippen molar-refractivity contribution in [3.8, 4) is 5.75 Å². The van der Waals surface area contributed by atoms with Gasteiger partial charge in [-0.25, -0.2) is 13.1 Å². The second kappa shape index (κ2) is 12.3. The predicted molar refractivity (Wildman–Crippen MR) is 175 cm³/mol. The Morgan fingerprint density at radius 3 is 2.73 bits per heavy atom. The van der Waals surface area contributed by atoms with E-state index in [-0.39, 0.29) is 29.1 Å². The number of ether oxygens (including phenoxy) is 1. The van der Waals surface area contributed by atoms with Gasteiger partial charge >= 0.3 is 0 Å². The summed E-state index contributed by atoms with van der Waals surface area (Å²) in [4.78, 5) is 15.9. The van der Waals surface area contributed by atoms with Gasteiger partial charge in [-0.3, -0.25) is 4.79 Å². The average molecular weight is 641 g/mol. The third-order valence-corrected chi connectivity index (χ3v) is 12.3. The number of nitrogens with one attached hydrogen (secondary N) is 1. The number of sulfonamides is 1. The molecular weight excluding hydrogens is 596 g/mol. The number of amides is 1. The van der Waals surface area contributed by atoms with E-state index in [1.54, 1.807) is 18.2 Å². The summed E-state index contributed by atoms with van der Waals surface area (Å²) >= 11 is 6.40. The van der Waals surface area contributed by atoms with Crippen molar-refractivity contribution in [3.05, 3.63) is 70.3 Å². The molecule has 238 valence electrons. The van der Waals surface area contributed by atoms with Crippen LogP contribution in [-0.4, -0.2) is 50.5 Å². The van der Waals surface area contributed by atoms with E-state index in [0.717, 1.165) is 42.8 Å². The number of benzene rings is 2. The number of carbonyl (C=O) groups is 1. The van der Waals surface area contributed by atoms with Crippen LogP contribution >= 0.6 is 11.6 Å². The molecule has 7 nitrogen and oxygen atoms in total. The van der Waals surface area contributed by atoms with Crippen molar-refractivity contribution in [1.29, 1.82) is 0 Å². The van der Waals surface area contributed by atoms with Crippen LogP contribution in [0.1, 0.15) is 80.8 Å². The molecule has 2 bridgehead atoms. The maximum Gasteiger partial charge on any atom is 0.264 e. The maximum atomic E-state index is 13.6. The van der Waals surface area contributed by atoms with Gasteiger partial charge in [0, 0.05) is 29.1 Å². The van der Waals surface area contributed by atoms with Crippen LogP contribution in [0.4, 0.5) is 5.69 Å². The topological polar surface area (TPSA) is 95.9 Å². The Morgan fingerprint density at radius 2 is 1.98 bits per heavy atom. The third kappa shape index (κ3) is 6.27. The van der Waals surface area contributed by atoms with E-state index < -0.39 is 27.3 Å². The molecule has 2 aliphatic carbocycles. The molecule has 4 aliphatic rings. The SMILES string of the molecule is CC(C)C[C@@H]1C[C@@H](C)/C=C\[C@H](O)[C@@H]2CC[C@H]2CN2C[C@@]3(CCCc4cc(Cl)ccc43)COc3ccc(cc32)C(=O)NS1(=O)=O. The summed E-state index contributed by atoms with van der Waals surface area (Å²) in [6.07, 6.45) is 8.97. The van der Waals surface area contributed by atoms with Crippen LogP contribution in [0.5, 0.6) is 5.75 Å². The minimum atomic E-state index is -3.95. The van der Waals surface area contributed by atoms with Gasteiger partial charge in [0.25, 0.3) is 5.91 Å². The summed E-state index contributed by atoms with van der Waals surface area (Å²) in [6.45, 7) is 7.87. The Bertz CT molecular complexity index is 1540. The highest BCUT2D eigenvalue weighted by atomic mass is 35.5. The van der Waals surface area contributed by atoms with Crippen LogP contribution in [0.15, 0.2) is 48.6 Å². The first kappa shape index (κ1) is 31.4. The van der Waals surface area contributed by atoms with E-state index in [2.05, 4.69) is 21.8 Å². The van der Waals surface area contributed by atoms with Crippen LogP contribution in [0.3, 0.4) is 0 Å². The van der Waals surface area contributed by atoms with Crippen LogP contribution < -0.4 is 14.4 Å². The molecule has 0 saturated heterocycles. The van der Waals surface area contributed by atoms with Gasteiger partial charge < -0.3 is 14.7 Å². The smallest absolute Gasteiger partial charge is 0.264 e. The molecule has 1 amide bonds. The van der Waals surface area contributed by atoms with Gasteiger partial charge in [-0.15, -0.1) is 0 Å². The van der Waals surface area contributed by atoms with E-state index in [1.165, 1.54) is 11.1 Å². The second-order valence-corrected chi connectivity index (χ2v) is 16.5. The van der Waals surface area contributed by atoms with Gasteiger partial charge in [0.1, 0.15) is 5.75 Å². The summed E-state index contributed by atoms with van der Waals surface area (Å²) < 4.78 is 36.2. The van der Waals surface area contributed by atoms with E-state index in [0.29, 0.717) is 43.9 Å². The lowest BCUT2D eigenvalue weighted by Crippen LogP contribution is -2.49. The zero-order chi connectivity index (χ0) is 31.2. The highest BCUT2D eigenvalue weighted by Gasteiger charge is 2.44. The standard InChI is InChI=1S/C35H45ClN2O5S/c1-22(2)15-28-16-23(3)6-12-32(39)29-10-7-26(29)19-38-20-35(14-4-5-24-17-27(36)9-11-30(24)35)21-43-33-13-8-25(18-31(33)38)34(40)37-44(28,41)42/h6,8-9,11-13,17-18,22-23,26,28-29,32,39H,4-5,7,10,14-16,19-21H2,1-3H3,(H,37,40)/b12-6-/t23-,26-,28+,29+,32-,35-/m0/s1. The largest absolute Gasteiger partial charge is 0.490 e. The molecule has 6 rings (SSSR count). The lowest BCUT2D eigenvalue weighted by molar-refractivity contribution is 0.0454. The summed E-state index contributed by atoms with van der Waals surface area (Å²) in [5.74, 6) is 0.535. The van der Waals surface area contributed by atoms with Crippen LogP contribution in [0, 0.1) is 23.7 Å². The molecule has 2 aliphatic heterocycles. The summed E-state index contributed by atoms with van der Waals surface area (Å²) in [7, 11) is -3.95. The zero-order valence-corrected chi connectivity index (χ0v) is 27.5. The van der Waals surface area contributed by atoms with E-state index in [1.807, 2.05) is 39.0 Å². The summed E-state index contributed by atoms with van der Waals surface area (Å²) in [6, 6.07) is 11.4. The van der Waals surface area contributed by atoms with Crippen LogP contribution in [0.25, 0.3) is 0 Å². The number of aliphatic hydroxyl groups is 1. The Balaban J connectivity index is 1.42. The molecule has 9 heteroatoms. The van der Waals surface area contributed by atoms with Gasteiger partial charge in [0.05, 0.1) is 23.6 Å². The van der Waals surface area contributed by atoms with Gasteiger partial charge in [-0.05, 0) is 110 Å². The minimum Gasteiger partial charge on any atom is -0.490 e. The molecule has 2 aromatic carbocycles. The minimum absolute atomic E-state index is 0.0696. The molecule has 6 atom stereocenters. The summed E-state index contributed by atoms with van der Waals surface area (Å²) in [5, 5.41) is 11.3. The Hall–Kier alpha value is -2.55. The number of aliphatic hydroxyl groups excluding tert-OH is 1. The Kier molecular flexibility index (Phi) is 8.81. The number of carbonyl (C=O) groups excluding carboxylic acids is 1. The average Bonchev–Trinajstić information content (AvgIpc) is 3.10. The Morgan fingerprint density at radius 1 is 1.16 bits per heavy atom. The molecule has 1 saturated carbocycles. The molecule has 2 aromatic rings. The van der Waals surface area contributed by atoms with Crippen molar-refractivity contribution in [2.24, 2.45) is 23.7 Å². The fraction of sp³-hybridized carbons (Fsp3) is 0.571. The fourth-order valence-electron chi connectivity index (χ4n) is 7.90. The normalized spacial score (nSPS) is 32.5. The van der Waals surface area contributed by atoms with Gasteiger partial charge in [-0.1, -0.05) is 50.6 Å². The van der Waals surface area contributed by atoms with Crippen LogP contribution in [-0.2, 0) is 21.9 Å². The van der Waals surface area contributed by atoms with Gasteiger partial charge in [0.2, 0.25) is 10.0 Å². The highest BCUT2D eigenvalue weighted by Crippen LogP contribution is 2.46. The Labute approximate surface area is 267 Å². The molecule has 2 heterocycles. The molecule has 1 spiro atoms. The molecular formula is C35H45ClN2O5S. The predicted octanol–water partition coefficient (Wildman–Crippen LogP) is 6.27. The first-order valence-corrected chi connectivity index (χ1v) is 18.1. The number of halogens is 1. The van der Waals surface area contributed by atoms with E-state index in [4.69, 9.17) is 16.3 Å². The van der Waals surface area contributed by atoms with E-state index >= 15 is 0 Å². The molecule has 0 radical (unpaired) electrons. The van der Waals surface area contributed by atoms with Crippen molar-refractivity contribution in [2.75, 3.05) is 24.6 Å². The molecule has 1 fully saturated rings. The van der Waals surface area contributed by atoms with Crippen molar-refractivity contribution in [2.45, 2.75) is 82.5 Å². The van der Waals surface area contributed by atoms with Gasteiger partial charge in [-0.2, -0.15) is 0 Å². The molecule has 0 aromatic heterocycles. The second-order valence-electron chi connectivity index (χ2n) is 14.1. The third-order valence-electron chi connectivity index (χ3n) is 10.3. The molecule has 2 N–H and O–H groups in total. The summed E-state index contributed by atoms with van der Waals surface area (Å²) in [5.41, 5.74) is 3.34. The van der Waals surface area contributed by atoms with Crippen molar-refractivity contribution < 1.29 is 23.1 Å². The van der Waals surface area contributed by atoms with Crippen molar-refractivity contribution in [3.63, 3.8) is 0 Å². The van der Waals surface area contributed by atoms with Crippen LogP contribution in [0.2, 0.25) is 5.02 Å². The van der Waals surface area contributed by atoms with E-state index in [9.17, 15) is 18.3 Å². The first-order chi connectivity index (χ1) is 20.9. The number of nitrogens with zero attached hydrogens (tertiary/aromatic N) is 1. The number of fused-ring (bicyclic) bond motifs is 4. The number of allylic oxidation sites excluding steroid dienone is 1. The number of aryl methyl sites for hydroxylation is 1. The lowest BCUT2D eigenvalue weighted by atomic mass is 9.68. The molecule has 0 unspecified atom stereocenters. The van der Waals surface area contributed by atoms with Crippen molar-refractivity contribution in [1.82, 2.24) is 4.72 Å². The quantitative estimate of drug-likeness (QED) is 0.376. The zero-order valence-electron chi connectivity index (χ0n) is 26.0. The molecule has 44 heavy (non-hydrogen) atoms. The monoisotopic (exact) mass is 640 g/mol. The maximum absolute atomic E-state index is 13.6. The number of anilines is 1. The van der Waals surface area contributed by atoms with Crippen molar-refractivity contribution >= 4 is 33.2 Å². The first-order valence-electron chi connectivity index (χ1n) is 16.2. The van der Waals surface area contributed by atoms with Gasteiger partial charge in [0.15, 0.2) is 0 Å². The lowest BCUT2D eigenvalue weighted by Gasteiger charge is -2.45. The number of hydrogen-bond acceptors (Lipinski definition) is 6.